The van der Waals surface area contributed by atoms with E-state index in [1.54, 1.807) is 0 Å². The summed E-state index contributed by atoms with van der Waals surface area (Å²) in [5, 5.41) is 0.149. The molecule has 1 aromatic carbocycles. The second-order valence-electron chi connectivity index (χ2n) is 10.2. The van der Waals surface area contributed by atoms with Crippen LogP contribution in [0.4, 0.5) is 0 Å². The normalized spacial score (nSPS) is 29.0. The van der Waals surface area contributed by atoms with Gasteiger partial charge in [0.2, 0.25) is 0 Å². The first kappa shape index (κ1) is 22.2. The zero-order chi connectivity index (χ0) is 20.7. The lowest BCUT2D eigenvalue weighted by Gasteiger charge is -2.39. The molecule has 0 unspecified atom stereocenters. The smallest absolute Gasteiger partial charge is 0.312 e. The molecule has 0 heterocycles. The van der Waals surface area contributed by atoms with Gasteiger partial charge in [-0.25, -0.2) is 0 Å². The molecule has 0 aromatic heterocycles. The van der Waals surface area contributed by atoms with Crippen LogP contribution in [0.3, 0.4) is 0 Å². The first-order valence-electron chi connectivity index (χ1n) is 10.2. The Morgan fingerprint density at radius 2 is 1.70 bits per heavy atom. The molecule has 0 aliphatic heterocycles. The van der Waals surface area contributed by atoms with Gasteiger partial charge in [-0.2, -0.15) is 0 Å². The monoisotopic (exact) mass is 390 g/mol. The molecule has 0 bridgehead atoms. The summed E-state index contributed by atoms with van der Waals surface area (Å²) in [7, 11) is -1.91. The Morgan fingerprint density at radius 3 is 2.19 bits per heavy atom. The Morgan fingerprint density at radius 1 is 1.15 bits per heavy atom. The van der Waals surface area contributed by atoms with Gasteiger partial charge in [-0.3, -0.25) is 4.79 Å². The lowest BCUT2D eigenvalue weighted by atomic mass is 9.64. The van der Waals surface area contributed by atoms with E-state index < -0.39 is 13.7 Å². The second kappa shape index (κ2) is 7.36. The van der Waals surface area contributed by atoms with Gasteiger partial charge in [-0.1, -0.05) is 57.5 Å². The number of hydrogen-bond acceptors (Lipinski definition) is 3. The summed E-state index contributed by atoms with van der Waals surface area (Å²) < 4.78 is 12.3. The van der Waals surface area contributed by atoms with E-state index in [1.165, 1.54) is 11.1 Å². The average Bonchev–Trinajstić information content (AvgIpc) is 2.79. The molecular formula is C23H38O3Si. The van der Waals surface area contributed by atoms with E-state index >= 15 is 0 Å². The van der Waals surface area contributed by atoms with Crippen molar-refractivity contribution in [1.29, 1.82) is 0 Å². The topological polar surface area (TPSA) is 35.5 Å². The highest BCUT2D eigenvalue weighted by molar-refractivity contribution is 6.74. The van der Waals surface area contributed by atoms with Crippen molar-refractivity contribution >= 4 is 14.3 Å². The molecule has 1 aliphatic carbocycles. The lowest BCUT2D eigenvalue weighted by Crippen LogP contribution is -2.44. The highest BCUT2D eigenvalue weighted by Gasteiger charge is 2.60. The Kier molecular flexibility index (Phi) is 6.04. The average molecular weight is 391 g/mol. The number of ether oxygens (including phenoxy) is 1. The summed E-state index contributed by atoms with van der Waals surface area (Å²) in [6, 6.07) is 8.60. The van der Waals surface area contributed by atoms with Crippen LogP contribution in [-0.4, -0.2) is 27.0 Å². The summed E-state index contributed by atoms with van der Waals surface area (Å²) in [6.45, 7) is 20.0. The van der Waals surface area contributed by atoms with Gasteiger partial charge in [0, 0.05) is 11.5 Å². The van der Waals surface area contributed by atoms with Crippen LogP contribution in [0.2, 0.25) is 18.1 Å². The fourth-order valence-electron chi connectivity index (χ4n) is 4.07. The second-order valence-corrected chi connectivity index (χ2v) is 14.9. The Balaban J connectivity index is 2.43. The molecule has 0 radical (unpaired) electrons. The predicted octanol–water partition coefficient (Wildman–Crippen LogP) is 6.01. The summed E-state index contributed by atoms with van der Waals surface area (Å²) in [5.41, 5.74) is 1.53. The minimum Gasteiger partial charge on any atom is -0.466 e. The third-order valence-electron chi connectivity index (χ3n) is 7.17. The van der Waals surface area contributed by atoms with E-state index in [-0.39, 0.29) is 22.5 Å². The summed E-state index contributed by atoms with van der Waals surface area (Å²) in [4.78, 5) is 13.1. The third-order valence-corrected chi connectivity index (χ3v) is 11.7. The van der Waals surface area contributed by atoms with Crippen LogP contribution in [0.15, 0.2) is 24.3 Å². The van der Waals surface area contributed by atoms with Gasteiger partial charge in [0.25, 0.3) is 0 Å². The predicted molar refractivity (Wildman–Crippen MR) is 115 cm³/mol. The Labute approximate surface area is 167 Å². The van der Waals surface area contributed by atoms with Crippen LogP contribution < -0.4 is 0 Å². The van der Waals surface area contributed by atoms with Crippen LogP contribution in [0.1, 0.15) is 65.5 Å². The summed E-state index contributed by atoms with van der Waals surface area (Å²) >= 11 is 0. The van der Waals surface area contributed by atoms with Crippen molar-refractivity contribution in [1.82, 2.24) is 0 Å². The standard InChI is InChI=1S/C23H38O3Si/c1-10-25-20(24)23(7)16-19(26-27(8,9)21(3,4)5)15-22(23,6)18-13-11-17(2)12-14-18/h11-14,19H,10,15-16H2,1-9H3/t19-,22+,23-/m0/s1. The fourth-order valence-corrected chi connectivity index (χ4v) is 5.42. The van der Waals surface area contributed by atoms with Crippen molar-refractivity contribution in [2.75, 3.05) is 6.61 Å². The number of aryl methyl sites for hydroxylation is 1. The molecule has 27 heavy (non-hydrogen) atoms. The van der Waals surface area contributed by atoms with Gasteiger partial charge < -0.3 is 9.16 Å². The first-order valence-corrected chi connectivity index (χ1v) is 13.1. The van der Waals surface area contributed by atoms with Crippen LogP contribution in [0.5, 0.6) is 0 Å². The molecule has 4 heteroatoms. The molecule has 3 nitrogen and oxygen atoms in total. The van der Waals surface area contributed by atoms with Crippen LogP contribution >= 0.6 is 0 Å². The highest BCUT2D eigenvalue weighted by atomic mass is 28.4. The van der Waals surface area contributed by atoms with E-state index in [2.05, 4.69) is 78.9 Å². The van der Waals surface area contributed by atoms with Crippen LogP contribution in [0, 0.1) is 12.3 Å². The van der Waals surface area contributed by atoms with Gasteiger partial charge in [-0.15, -0.1) is 0 Å². The Bertz CT molecular complexity index is 674. The van der Waals surface area contributed by atoms with Crippen molar-refractivity contribution < 1.29 is 14.0 Å². The molecule has 2 rings (SSSR count). The third kappa shape index (κ3) is 4.02. The number of esters is 1. The first-order chi connectivity index (χ1) is 12.3. The van der Waals surface area contributed by atoms with Gasteiger partial charge in [0.1, 0.15) is 0 Å². The van der Waals surface area contributed by atoms with Crippen molar-refractivity contribution in [3.8, 4) is 0 Å². The molecule has 0 amide bonds. The van der Waals surface area contributed by atoms with E-state index in [4.69, 9.17) is 9.16 Å². The van der Waals surface area contributed by atoms with Crippen molar-refractivity contribution in [3.05, 3.63) is 35.4 Å². The molecule has 0 N–H and O–H groups in total. The number of carbonyl (C=O) groups excluding carboxylic acids is 1. The van der Waals surface area contributed by atoms with Crippen LogP contribution in [-0.2, 0) is 19.4 Å². The van der Waals surface area contributed by atoms with E-state index in [9.17, 15) is 4.79 Å². The van der Waals surface area contributed by atoms with Crippen LogP contribution in [0.25, 0.3) is 0 Å². The highest BCUT2D eigenvalue weighted by Crippen LogP contribution is 2.56. The van der Waals surface area contributed by atoms with Crippen molar-refractivity contribution in [2.45, 2.75) is 91.0 Å². The largest absolute Gasteiger partial charge is 0.466 e. The summed E-state index contributed by atoms with van der Waals surface area (Å²) in [6.07, 6.45) is 1.63. The van der Waals surface area contributed by atoms with E-state index in [1.807, 2.05) is 6.92 Å². The molecular weight excluding hydrogens is 352 g/mol. The molecule has 0 spiro atoms. The van der Waals surface area contributed by atoms with Gasteiger partial charge in [0.05, 0.1) is 12.0 Å². The molecule has 0 saturated heterocycles. The van der Waals surface area contributed by atoms with Crippen molar-refractivity contribution in [2.24, 2.45) is 5.41 Å². The number of rotatable bonds is 5. The molecule has 1 saturated carbocycles. The minimum atomic E-state index is -1.91. The zero-order valence-electron chi connectivity index (χ0n) is 18.7. The molecule has 152 valence electrons. The number of benzene rings is 1. The number of carbonyl (C=O) groups is 1. The quantitative estimate of drug-likeness (QED) is 0.456. The van der Waals surface area contributed by atoms with Gasteiger partial charge in [-0.05, 0) is 57.3 Å². The maximum Gasteiger partial charge on any atom is 0.312 e. The van der Waals surface area contributed by atoms with Gasteiger partial charge in [0.15, 0.2) is 8.32 Å². The fraction of sp³-hybridized carbons (Fsp3) is 0.696. The maximum atomic E-state index is 13.1. The molecule has 3 atom stereocenters. The maximum absolute atomic E-state index is 13.1. The SMILES string of the molecule is CCOC(=O)[C@]1(C)C[C@@H](O[Si](C)(C)C(C)(C)C)C[C@]1(C)c1ccc(C)cc1. The van der Waals surface area contributed by atoms with E-state index in [0.29, 0.717) is 13.0 Å². The molecule has 1 fully saturated rings. The van der Waals surface area contributed by atoms with Crippen molar-refractivity contribution in [3.63, 3.8) is 0 Å². The minimum absolute atomic E-state index is 0.0756. The molecule has 1 aliphatic rings. The number of hydrogen-bond donors (Lipinski definition) is 0. The summed E-state index contributed by atoms with van der Waals surface area (Å²) in [5.74, 6) is -0.102. The lowest BCUT2D eigenvalue weighted by molar-refractivity contribution is -0.157. The van der Waals surface area contributed by atoms with E-state index in [0.717, 1.165) is 6.42 Å². The zero-order valence-corrected chi connectivity index (χ0v) is 19.7. The Hall–Kier alpha value is -1.13. The molecule has 1 aromatic rings. The van der Waals surface area contributed by atoms with Gasteiger partial charge >= 0.3 is 5.97 Å².